The SMILES string of the molecule is COc1ccc(NC(=O)CSc2nnnn2C)c(OC)c1. The molecule has 2 rings (SSSR count). The molecule has 1 heterocycles. The fourth-order valence-corrected chi connectivity index (χ4v) is 2.21. The van der Waals surface area contributed by atoms with Gasteiger partial charge in [0.1, 0.15) is 11.5 Å². The largest absolute Gasteiger partial charge is 0.497 e. The van der Waals surface area contributed by atoms with Crippen molar-refractivity contribution >= 4 is 23.4 Å². The Balaban J connectivity index is 1.97. The molecule has 2 aromatic rings. The van der Waals surface area contributed by atoms with E-state index < -0.39 is 0 Å². The van der Waals surface area contributed by atoms with Crippen molar-refractivity contribution in [3.8, 4) is 11.5 Å². The highest BCUT2D eigenvalue weighted by Crippen LogP contribution is 2.29. The third-order valence-corrected chi connectivity index (χ3v) is 3.61. The van der Waals surface area contributed by atoms with Crippen LogP contribution in [0.3, 0.4) is 0 Å². The molecule has 0 radical (unpaired) electrons. The van der Waals surface area contributed by atoms with Gasteiger partial charge in [-0.3, -0.25) is 4.79 Å². The number of thioether (sulfide) groups is 1. The van der Waals surface area contributed by atoms with E-state index in [9.17, 15) is 4.79 Å². The number of hydrogen-bond donors (Lipinski definition) is 1. The molecule has 0 spiro atoms. The monoisotopic (exact) mass is 309 g/mol. The lowest BCUT2D eigenvalue weighted by molar-refractivity contribution is -0.113. The minimum atomic E-state index is -0.175. The van der Waals surface area contributed by atoms with E-state index in [2.05, 4.69) is 20.8 Å². The number of anilines is 1. The second-order valence-electron chi connectivity index (χ2n) is 3.99. The summed E-state index contributed by atoms with van der Waals surface area (Å²) >= 11 is 1.25. The van der Waals surface area contributed by atoms with Gasteiger partial charge in [0.25, 0.3) is 0 Å². The number of aromatic nitrogens is 4. The van der Waals surface area contributed by atoms with E-state index in [0.29, 0.717) is 22.3 Å². The van der Waals surface area contributed by atoms with Crippen LogP contribution in [0, 0.1) is 0 Å². The number of methoxy groups -OCH3 is 2. The number of tetrazole rings is 1. The first-order valence-corrected chi connectivity index (χ1v) is 6.99. The highest BCUT2D eigenvalue weighted by molar-refractivity contribution is 7.99. The van der Waals surface area contributed by atoms with Crippen LogP contribution in [0.1, 0.15) is 0 Å². The number of nitrogens with one attached hydrogen (secondary N) is 1. The fraction of sp³-hybridized carbons (Fsp3) is 0.333. The summed E-state index contributed by atoms with van der Waals surface area (Å²) in [5, 5.41) is 14.3. The van der Waals surface area contributed by atoms with Gasteiger partial charge in [-0.2, -0.15) is 0 Å². The molecule has 0 aliphatic carbocycles. The Morgan fingerprint density at radius 3 is 2.81 bits per heavy atom. The Morgan fingerprint density at radius 1 is 1.38 bits per heavy atom. The van der Waals surface area contributed by atoms with E-state index in [0.717, 1.165) is 0 Å². The minimum Gasteiger partial charge on any atom is -0.497 e. The lowest BCUT2D eigenvalue weighted by atomic mass is 10.2. The molecule has 0 saturated heterocycles. The molecule has 8 nitrogen and oxygen atoms in total. The molecule has 1 amide bonds. The Labute approximate surface area is 125 Å². The number of amides is 1. The van der Waals surface area contributed by atoms with Crippen molar-refractivity contribution in [3.63, 3.8) is 0 Å². The third-order valence-electron chi connectivity index (χ3n) is 2.60. The zero-order valence-corrected chi connectivity index (χ0v) is 12.7. The lowest BCUT2D eigenvalue weighted by Gasteiger charge is -2.11. The molecule has 0 aliphatic rings. The van der Waals surface area contributed by atoms with E-state index in [1.165, 1.54) is 23.6 Å². The van der Waals surface area contributed by atoms with Crippen LogP contribution in [0.15, 0.2) is 23.4 Å². The first-order chi connectivity index (χ1) is 10.1. The summed E-state index contributed by atoms with van der Waals surface area (Å²) in [5.74, 6) is 1.22. The molecular weight excluding hydrogens is 294 g/mol. The van der Waals surface area contributed by atoms with Gasteiger partial charge in [-0.15, -0.1) is 5.10 Å². The highest BCUT2D eigenvalue weighted by atomic mass is 32.2. The van der Waals surface area contributed by atoms with Crippen LogP contribution in [0.2, 0.25) is 0 Å². The first-order valence-electron chi connectivity index (χ1n) is 6.01. The molecule has 1 N–H and O–H groups in total. The first kappa shape index (κ1) is 15.1. The standard InChI is InChI=1S/C12H15N5O3S/c1-17-12(14-15-16-17)21-7-11(18)13-9-5-4-8(19-2)6-10(9)20-3/h4-6H,7H2,1-3H3,(H,13,18). The Bertz CT molecular complexity index is 631. The van der Waals surface area contributed by atoms with Gasteiger partial charge in [-0.05, 0) is 22.6 Å². The molecule has 0 fully saturated rings. The van der Waals surface area contributed by atoms with Gasteiger partial charge < -0.3 is 14.8 Å². The van der Waals surface area contributed by atoms with Crippen molar-refractivity contribution in [1.29, 1.82) is 0 Å². The zero-order valence-electron chi connectivity index (χ0n) is 11.9. The van der Waals surface area contributed by atoms with E-state index in [1.807, 2.05) is 0 Å². The summed E-state index contributed by atoms with van der Waals surface area (Å²) in [4.78, 5) is 11.9. The second kappa shape index (κ2) is 6.93. The maximum Gasteiger partial charge on any atom is 0.234 e. The molecule has 0 unspecified atom stereocenters. The summed E-state index contributed by atoms with van der Waals surface area (Å²) in [6, 6.07) is 5.18. The van der Waals surface area contributed by atoms with E-state index in [1.54, 1.807) is 32.4 Å². The van der Waals surface area contributed by atoms with Crippen LogP contribution in [0.25, 0.3) is 0 Å². The number of carbonyl (C=O) groups excluding carboxylic acids is 1. The number of benzene rings is 1. The van der Waals surface area contributed by atoms with Crippen molar-refractivity contribution in [2.45, 2.75) is 5.16 Å². The molecule has 1 aromatic carbocycles. The quantitative estimate of drug-likeness (QED) is 0.795. The van der Waals surface area contributed by atoms with Crippen LogP contribution in [0.5, 0.6) is 11.5 Å². The predicted octanol–water partition coefficient (Wildman–Crippen LogP) is 0.958. The van der Waals surface area contributed by atoms with Crippen LogP contribution >= 0.6 is 11.8 Å². The van der Waals surface area contributed by atoms with E-state index >= 15 is 0 Å². The number of carbonyl (C=O) groups is 1. The van der Waals surface area contributed by atoms with Crippen molar-refractivity contribution < 1.29 is 14.3 Å². The fourth-order valence-electron chi connectivity index (χ4n) is 1.56. The van der Waals surface area contributed by atoms with Crippen molar-refractivity contribution in [2.24, 2.45) is 7.05 Å². The Kier molecular flexibility index (Phi) is 4.99. The van der Waals surface area contributed by atoms with Gasteiger partial charge in [-0.25, -0.2) is 4.68 Å². The molecule has 21 heavy (non-hydrogen) atoms. The molecule has 9 heteroatoms. The number of nitrogens with zero attached hydrogens (tertiary/aromatic N) is 4. The summed E-state index contributed by atoms with van der Waals surface area (Å²) in [6.45, 7) is 0. The molecule has 0 saturated carbocycles. The van der Waals surface area contributed by atoms with Gasteiger partial charge in [0.2, 0.25) is 11.1 Å². The predicted molar refractivity (Wildman–Crippen MR) is 77.7 cm³/mol. The number of aryl methyl sites for hydroxylation is 1. The number of hydrogen-bond acceptors (Lipinski definition) is 7. The molecule has 1 aromatic heterocycles. The summed E-state index contributed by atoms with van der Waals surface area (Å²) < 4.78 is 11.8. The van der Waals surface area contributed by atoms with E-state index in [-0.39, 0.29) is 11.7 Å². The highest BCUT2D eigenvalue weighted by Gasteiger charge is 2.11. The van der Waals surface area contributed by atoms with Gasteiger partial charge in [-0.1, -0.05) is 11.8 Å². The van der Waals surface area contributed by atoms with Gasteiger partial charge in [0.15, 0.2) is 0 Å². The van der Waals surface area contributed by atoms with Crippen LogP contribution < -0.4 is 14.8 Å². The van der Waals surface area contributed by atoms with Crippen molar-refractivity contribution in [2.75, 3.05) is 25.3 Å². The maximum atomic E-state index is 11.9. The average molecular weight is 309 g/mol. The second-order valence-corrected chi connectivity index (χ2v) is 4.93. The van der Waals surface area contributed by atoms with Crippen LogP contribution in [0.4, 0.5) is 5.69 Å². The van der Waals surface area contributed by atoms with Crippen LogP contribution in [-0.4, -0.2) is 46.1 Å². The minimum absolute atomic E-state index is 0.175. The Morgan fingerprint density at radius 2 is 2.19 bits per heavy atom. The number of ether oxygens (including phenoxy) is 2. The maximum absolute atomic E-state index is 11.9. The lowest BCUT2D eigenvalue weighted by Crippen LogP contribution is -2.15. The van der Waals surface area contributed by atoms with Crippen molar-refractivity contribution in [1.82, 2.24) is 20.2 Å². The average Bonchev–Trinajstić information content (AvgIpc) is 2.91. The normalized spacial score (nSPS) is 10.2. The third kappa shape index (κ3) is 3.85. The summed E-state index contributed by atoms with van der Waals surface area (Å²) in [6.07, 6.45) is 0. The summed E-state index contributed by atoms with van der Waals surface area (Å²) in [5.41, 5.74) is 0.583. The smallest absolute Gasteiger partial charge is 0.234 e. The van der Waals surface area contributed by atoms with Gasteiger partial charge in [0.05, 0.1) is 25.7 Å². The topological polar surface area (TPSA) is 91.2 Å². The van der Waals surface area contributed by atoms with Crippen LogP contribution in [-0.2, 0) is 11.8 Å². The van der Waals surface area contributed by atoms with Gasteiger partial charge >= 0.3 is 0 Å². The molecule has 0 bridgehead atoms. The summed E-state index contributed by atoms with van der Waals surface area (Å²) in [7, 11) is 4.82. The molecular formula is C12H15N5O3S. The number of rotatable bonds is 6. The Hall–Kier alpha value is -2.29. The van der Waals surface area contributed by atoms with E-state index in [4.69, 9.17) is 9.47 Å². The molecule has 112 valence electrons. The molecule has 0 aliphatic heterocycles. The molecule has 0 atom stereocenters. The van der Waals surface area contributed by atoms with Gasteiger partial charge in [0, 0.05) is 13.1 Å². The zero-order chi connectivity index (χ0) is 15.2. The van der Waals surface area contributed by atoms with Crippen molar-refractivity contribution in [3.05, 3.63) is 18.2 Å².